The van der Waals surface area contributed by atoms with Gasteiger partial charge in [-0.15, -0.1) is 0 Å². The van der Waals surface area contributed by atoms with Crippen LogP contribution in [0.4, 0.5) is 5.69 Å². The van der Waals surface area contributed by atoms with Crippen LogP contribution < -0.4 is 11.1 Å². The number of hydrogen-bond acceptors (Lipinski definition) is 3. The standard InChI is InChI=1S/C14H17ClN2O3/c15-10-6-9(12(18)19)7-11(8-10)17-13(20)14(16)4-2-1-3-5-14/h6-8H,1-5,16H2,(H,17,20)(H,18,19). The molecule has 0 aliphatic heterocycles. The fraction of sp³-hybridized carbons (Fsp3) is 0.429. The zero-order valence-corrected chi connectivity index (χ0v) is 11.7. The quantitative estimate of drug-likeness (QED) is 0.799. The van der Waals surface area contributed by atoms with Crippen LogP contribution in [0.5, 0.6) is 0 Å². The van der Waals surface area contributed by atoms with Gasteiger partial charge in [-0.25, -0.2) is 4.79 Å². The van der Waals surface area contributed by atoms with Gasteiger partial charge >= 0.3 is 5.97 Å². The molecule has 2 rings (SSSR count). The van der Waals surface area contributed by atoms with Gasteiger partial charge in [-0.3, -0.25) is 4.79 Å². The van der Waals surface area contributed by atoms with Gasteiger partial charge in [0.15, 0.2) is 0 Å². The molecule has 0 unspecified atom stereocenters. The van der Waals surface area contributed by atoms with E-state index in [-0.39, 0.29) is 16.5 Å². The Hall–Kier alpha value is -1.59. The highest BCUT2D eigenvalue weighted by atomic mass is 35.5. The van der Waals surface area contributed by atoms with Gasteiger partial charge in [0.05, 0.1) is 11.1 Å². The molecule has 0 radical (unpaired) electrons. The molecule has 0 atom stereocenters. The van der Waals surface area contributed by atoms with Gasteiger partial charge in [-0.2, -0.15) is 0 Å². The lowest BCUT2D eigenvalue weighted by Crippen LogP contribution is -2.52. The lowest BCUT2D eigenvalue weighted by atomic mass is 9.82. The fourth-order valence-electron chi connectivity index (χ4n) is 2.45. The lowest BCUT2D eigenvalue weighted by Gasteiger charge is -2.31. The number of halogens is 1. The van der Waals surface area contributed by atoms with Gasteiger partial charge in [0.25, 0.3) is 0 Å². The Balaban J connectivity index is 2.17. The molecule has 1 fully saturated rings. The van der Waals surface area contributed by atoms with Crippen molar-refractivity contribution in [2.45, 2.75) is 37.6 Å². The number of nitrogens with two attached hydrogens (primary N) is 1. The molecular formula is C14H17ClN2O3. The van der Waals surface area contributed by atoms with Crippen molar-refractivity contribution in [2.24, 2.45) is 5.73 Å². The lowest BCUT2D eigenvalue weighted by molar-refractivity contribution is -0.122. The van der Waals surface area contributed by atoms with E-state index in [1.807, 2.05) is 0 Å². The maximum atomic E-state index is 12.3. The summed E-state index contributed by atoms with van der Waals surface area (Å²) in [7, 11) is 0. The predicted molar refractivity (Wildman–Crippen MR) is 77.0 cm³/mol. The van der Waals surface area contributed by atoms with Crippen molar-refractivity contribution in [2.75, 3.05) is 5.32 Å². The molecule has 1 aromatic carbocycles. The summed E-state index contributed by atoms with van der Waals surface area (Å²) in [6.45, 7) is 0. The zero-order chi connectivity index (χ0) is 14.8. The van der Waals surface area contributed by atoms with Crippen LogP contribution in [0.3, 0.4) is 0 Å². The summed E-state index contributed by atoms with van der Waals surface area (Å²) in [4.78, 5) is 23.2. The van der Waals surface area contributed by atoms with E-state index in [0.29, 0.717) is 18.5 Å². The second-order valence-electron chi connectivity index (χ2n) is 5.20. The number of hydrogen-bond donors (Lipinski definition) is 3. The van der Waals surface area contributed by atoms with Crippen LogP contribution >= 0.6 is 11.6 Å². The second kappa shape index (κ2) is 5.81. The van der Waals surface area contributed by atoms with Crippen molar-refractivity contribution in [3.8, 4) is 0 Å². The molecule has 0 aromatic heterocycles. The van der Waals surface area contributed by atoms with E-state index in [2.05, 4.69) is 5.32 Å². The first-order valence-corrected chi connectivity index (χ1v) is 6.93. The van der Waals surface area contributed by atoms with E-state index in [4.69, 9.17) is 22.4 Å². The van der Waals surface area contributed by atoms with E-state index in [1.165, 1.54) is 18.2 Å². The number of anilines is 1. The predicted octanol–water partition coefficient (Wildman–Crippen LogP) is 2.64. The largest absolute Gasteiger partial charge is 0.478 e. The average Bonchev–Trinajstić information content (AvgIpc) is 2.38. The number of carbonyl (C=O) groups excluding carboxylic acids is 1. The summed E-state index contributed by atoms with van der Waals surface area (Å²) in [6, 6.07) is 4.22. The molecule has 5 nitrogen and oxygen atoms in total. The van der Waals surface area contributed by atoms with Crippen LogP contribution in [-0.4, -0.2) is 22.5 Å². The van der Waals surface area contributed by atoms with Crippen LogP contribution in [0, 0.1) is 0 Å². The minimum Gasteiger partial charge on any atom is -0.478 e. The van der Waals surface area contributed by atoms with E-state index in [9.17, 15) is 9.59 Å². The molecular weight excluding hydrogens is 280 g/mol. The third-order valence-corrected chi connectivity index (χ3v) is 3.82. The third-order valence-electron chi connectivity index (χ3n) is 3.60. The van der Waals surface area contributed by atoms with E-state index in [1.54, 1.807) is 0 Å². The number of carboxylic acids is 1. The van der Waals surface area contributed by atoms with Gasteiger partial charge in [0, 0.05) is 10.7 Å². The Morgan fingerprint density at radius 1 is 1.20 bits per heavy atom. The van der Waals surface area contributed by atoms with Gasteiger partial charge in [-0.05, 0) is 31.0 Å². The SMILES string of the molecule is NC1(C(=O)Nc2cc(Cl)cc(C(=O)O)c2)CCCCC1. The van der Waals surface area contributed by atoms with E-state index >= 15 is 0 Å². The first kappa shape index (κ1) is 14.8. The van der Waals surface area contributed by atoms with E-state index in [0.717, 1.165) is 19.3 Å². The second-order valence-corrected chi connectivity index (χ2v) is 5.64. The normalized spacial score (nSPS) is 17.5. The van der Waals surface area contributed by atoms with Crippen LogP contribution in [0.25, 0.3) is 0 Å². The minimum atomic E-state index is -1.09. The van der Waals surface area contributed by atoms with Crippen LogP contribution in [0.2, 0.25) is 5.02 Å². The smallest absolute Gasteiger partial charge is 0.335 e. The fourth-order valence-corrected chi connectivity index (χ4v) is 2.69. The summed E-state index contributed by atoms with van der Waals surface area (Å²) >= 11 is 5.85. The van der Waals surface area contributed by atoms with Gasteiger partial charge in [-0.1, -0.05) is 30.9 Å². The van der Waals surface area contributed by atoms with E-state index < -0.39 is 11.5 Å². The topological polar surface area (TPSA) is 92.4 Å². The summed E-state index contributed by atoms with van der Waals surface area (Å²) in [6.07, 6.45) is 4.24. The minimum absolute atomic E-state index is 0.0301. The summed E-state index contributed by atoms with van der Waals surface area (Å²) < 4.78 is 0. The Labute approximate surface area is 122 Å². The van der Waals surface area contributed by atoms with Crippen molar-refractivity contribution < 1.29 is 14.7 Å². The number of rotatable bonds is 3. The molecule has 1 aliphatic rings. The summed E-state index contributed by atoms with van der Waals surface area (Å²) in [5.41, 5.74) is 5.64. The van der Waals surface area contributed by atoms with Gasteiger partial charge in [0.2, 0.25) is 5.91 Å². The molecule has 0 heterocycles. The number of benzene rings is 1. The Bertz CT molecular complexity index is 539. The number of nitrogens with one attached hydrogen (secondary N) is 1. The molecule has 1 amide bonds. The number of aromatic carboxylic acids is 1. The molecule has 108 valence electrons. The maximum Gasteiger partial charge on any atom is 0.335 e. The first-order valence-electron chi connectivity index (χ1n) is 6.55. The summed E-state index contributed by atoms with van der Waals surface area (Å²) in [5, 5.41) is 11.9. The highest BCUT2D eigenvalue weighted by molar-refractivity contribution is 6.31. The van der Waals surface area contributed by atoms with Crippen molar-refractivity contribution in [3.63, 3.8) is 0 Å². The Morgan fingerprint density at radius 2 is 1.85 bits per heavy atom. The Kier molecular flexibility index (Phi) is 4.30. The molecule has 1 aromatic rings. The number of carbonyl (C=O) groups is 2. The molecule has 0 saturated heterocycles. The molecule has 6 heteroatoms. The molecule has 1 aliphatic carbocycles. The zero-order valence-electron chi connectivity index (χ0n) is 11.0. The Morgan fingerprint density at radius 3 is 2.45 bits per heavy atom. The molecule has 0 spiro atoms. The highest BCUT2D eigenvalue weighted by Gasteiger charge is 2.35. The van der Waals surface area contributed by atoms with Crippen LogP contribution in [0.1, 0.15) is 42.5 Å². The molecule has 4 N–H and O–H groups in total. The highest BCUT2D eigenvalue weighted by Crippen LogP contribution is 2.28. The number of amides is 1. The molecule has 0 bridgehead atoms. The average molecular weight is 297 g/mol. The third kappa shape index (κ3) is 3.29. The first-order chi connectivity index (χ1) is 9.40. The van der Waals surface area contributed by atoms with Crippen molar-refractivity contribution in [1.82, 2.24) is 0 Å². The van der Waals surface area contributed by atoms with Crippen molar-refractivity contribution >= 4 is 29.2 Å². The van der Waals surface area contributed by atoms with Gasteiger partial charge in [0.1, 0.15) is 0 Å². The summed E-state index contributed by atoms with van der Waals surface area (Å²) in [5.74, 6) is -1.38. The van der Waals surface area contributed by atoms with Crippen molar-refractivity contribution in [1.29, 1.82) is 0 Å². The molecule has 20 heavy (non-hydrogen) atoms. The number of carboxylic acid groups (broad SMARTS) is 1. The van der Waals surface area contributed by atoms with Crippen LogP contribution in [-0.2, 0) is 4.79 Å². The monoisotopic (exact) mass is 296 g/mol. The van der Waals surface area contributed by atoms with Gasteiger partial charge < -0.3 is 16.2 Å². The van der Waals surface area contributed by atoms with Crippen LogP contribution in [0.15, 0.2) is 18.2 Å². The van der Waals surface area contributed by atoms with Crippen molar-refractivity contribution in [3.05, 3.63) is 28.8 Å². The molecule has 1 saturated carbocycles. The maximum absolute atomic E-state index is 12.3.